The average molecular weight is 161 g/mol. The monoisotopic (exact) mass is 161 g/mol. The summed E-state index contributed by atoms with van der Waals surface area (Å²) in [7, 11) is 0. The van der Waals surface area contributed by atoms with Crippen molar-refractivity contribution in [1.29, 1.82) is 5.41 Å². The van der Waals surface area contributed by atoms with Crippen molar-refractivity contribution in [2.45, 2.75) is 6.92 Å². The molecule has 1 aromatic heterocycles. The molecule has 2 N–H and O–H groups in total. The smallest absolute Gasteiger partial charge is 0.129 e. The predicted octanol–water partition coefficient (Wildman–Crippen LogP) is 2.05. The van der Waals surface area contributed by atoms with Crippen LogP contribution in [-0.4, -0.2) is 10.7 Å². The van der Waals surface area contributed by atoms with Crippen molar-refractivity contribution in [3.8, 4) is 0 Å². The van der Waals surface area contributed by atoms with Gasteiger partial charge >= 0.3 is 0 Å². The van der Waals surface area contributed by atoms with Gasteiger partial charge in [0.2, 0.25) is 0 Å². The zero-order chi connectivity index (χ0) is 8.81. The van der Waals surface area contributed by atoms with Crippen LogP contribution in [0.2, 0.25) is 0 Å². The summed E-state index contributed by atoms with van der Waals surface area (Å²) in [5, 5.41) is 10.1. The van der Waals surface area contributed by atoms with Gasteiger partial charge in [0.15, 0.2) is 0 Å². The molecule has 0 spiro atoms. The summed E-state index contributed by atoms with van der Waals surface area (Å²) < 4.78 is 0. The predicted molar refractivity (Wildman–Crippen MR) is 50.4 cm³/mol. The third kappa shape index (κ3) is 2.96. The Kier molecular flexibility index (Phi) is 3.02. The maximum Gasteiger partial charge on any atom is 0.129 e. The largest absolute Gasteiger partial charge is 0.347 e. The molecule has 62 valence electrons. The number of anilines is 1. The third-order valence-electron chi connectivity index (χ3n) is 1.23. The van der Waals surface area contributed by atoms with E-state index in [1.165, 1.54) is 0 Å². The molecule has 1 aromatic rings. The van der Waals surface area contributed by atoms with E-state index in [0.29, 0.717) is 5.71 Å². The molecule has 0 unspecified atom stereocenters. The highest BCUT2D eigenvalue weighted by Crippen LogP contribution is 1.98. The van der Waals surface area contributed by atoms with Gasteiger partial charge in [0.1, 0.15) is 5.82 Å². The minimum atomic E-state index is 0.512. The molecule has 1 rings (SSSR count). The van der Waals surface area contributed by atoms with Crippen molar-refractivity contribution in [2.75, 3.05) is 5.32 Å². The first kappa shape index (κ1) is 8.46. The molecule has 0 fully saturated rings. The molecule has 3 nitrogen and oxygen atoms in total. The first-order valence-corrected chi connectivity index (χ1v) is 3.68. The molecule has 3 heteroatoms. The lowest BCUT2D eigenvalue weighted by atomic mass is 10.4. The second-order valence-electron chi connectivity index (χ2n) is 2.38. The van der Waals surface area contributed by atoms with E-state index >= 15 is 0 Å². The van der Waals surface area contributed by atoms with E-state index in [1.807, 2.05) is 18.2 Å². The molecule has 0 bridgehead atoms. The van der Waals surface area contributed by atoms with Crippen LogP contribution >= 0.6 is 0 Å². The second kappa shape index (κ2) is 4.28. The highest BCUT2D eigenvalue weighted by molar-refractivity contribution is 5.90. The summed E-state index contributed by atoms with van der Waals surface area (Å²) in [5.41, 5.74) is 0.512. The van der Waals surface area contributed by atoms with Crippen molar-refractivity contribution in [2.24, 2.45) is 0 Å². The van der Waals surface area contributed by atoms with E-state index in [-0.39, 0.29) is 0 Å². The fraction of sp³-hybridized carbons (Fsp3) is 0.111. The van der Waals surface area contributed by atoms with Crippen LogP contribution in [0.15, 0.2) is 36.7 Å². The molecule has 0 amide bonds. The number of pyridine rings is 1. The first-order chi connectivity index (χ1) is 5.79. The number of hydrogen-bond acceptors (Lipinski definition) is 3. The van der Waals surface area contributed by atoms with Crippen molar-refractivity contribution < 1.29 is 0 Å². The molecule has 0 aliphatic heterocycles. The lowest BCUT2D eigenvalue weighted by Crippen LogP contribution is -1.91. The Bertz CT molecular complexity index is 277. The number of allylic oxidation sites excluding steroid dienone is 1. The summed E-state index contributed by atoms with van der Waals surface area (Å²) in [6.07, 6.45) is 5.09. The highest BCUT2D eigenvalue weighted by atomic mass is 15.0. The van der Waals surface area contributed by atoms with Gasteiger partial charge in [-0.25, -0.2) is 4.98 Å². The van der Waals surface area contributed by atoms with Crippen LogP contribution in [0, 0.1) is 5.41 Å². The standard InChI is InChI=1S/C9H11N3/c1-8(10)5-7-12-9-4-2-3-6-11-9/h2-7,10H,1H3,(H,11,12)/b7-5-,10-8?. The molecule has 0 aromatic carbocycles. The Hall–Kier alpha value is -1.64. The Balaban J connectivity index is 2.49. The number of hydrogen-bond donors (Lipinski definition) is 2. The molecule has 0 aliphatic carbocycles. The lowest BCUT2D eigenvalue weighted by Gasteiger charge is -1.96. The van der Waals surface area contributed by atoms with Crippen molar-refractivity contribution in [3.05, 3.63) is 36.7 Å². The van der Waals surface area contributed by atoms with E-state index in [0.717, 1.165) is 5.82 Å². The van der Waals surface area contributed by atoms with Crippen molar-refractivity contribution >= 4 is 11.5 Å². The van der Waals surface area contributed by atoms with E-state index in [2.05, 4.69) is 10.3 Å². The molecule has 0 aliphatic rings. The Morgan fingerprint density at radius 1 is 1.58 bits per heavy atom. The van der Waals surface area contributed by atoms with Crippen LogP contribution in [0.5, 0.6) is 0 Å². The summed E-state index contributed by atoms with van der Waals surface area (Å²) in [6, 6.07) is 5.63. The Morgan fingerprint density at radius 3 is 3.00 bits per heavy atom. The maximum atomic E-state index is 7.11. The van der Waals surface area contributed by atoms with Gasteiger partial charge in [-0.2, -0.15) is 0 Å². The second-order valence-corrected chi connectivity index (χ2v) is 2.38. The zero-order valence-corrected chi connectivity index (χ0v) is 6.91. The minimum Gasteiger partial charge on any atom is -0.347 e. The topological polar surface area (TPSA) is 48.8 Å². The van der Waals surface area contributed by atoms with Gasteiger partial charge in [-0.05, 0) is 25.1 Å². The zero-order valence-electron chi connectivity index (χ0n) is 6.91. The quantitative estimate of drug-likeness (QED) is 0.666. The molecule has 0 atom stereocenters. The Labute approximate surface area is 71.7 Å². The van der Waals surface area contributed by atoms with Crippen LogP contribution in [-0.2, 0) is 0 Å². The molecule has 0 saturated heterocycles. The van der Waals surface area contributed by atoms with Crippen LogP contribution in [0.4, 0.5) is 5.82 Å². The number of aromatic nitrogens is 1. The van der Waals surface area contributed by atoms with Crippen LogP contribution in [0.25, 0.3) is 0 Å². The van der Waals surface area contributed by atoms with Gasteiger partial charge in [-0.3, -0.25) is 0 Å². The molecular weight excluding hydrogens is 150 g/mol. The van der Waals surface area contributed by atoms with E-state index in [9.17, 15) is 0 Å². The van der Waals surface area contributed by atoms with E-state index < -0.39 is 0 Å². The van der Waals surface area contributed by atoms with Gasteiger partial charge in [0.05, 0.1) is 0 Å². The lowest BCUT2D eigenvalue weighted by molar-refractivity contribution is 1.31. The number of nitrogens with one attached hydrogen (secondary N) is 2. The summed E-state index contributed by atoms with van der Waals surface area (Å²) in [6.45, 7) is 1.72. The fourth-order valence-corrected chi connectivity index (χ4v) is 0.700. The van der Waals surface area contributed by atoms with Crippen LogP contribution in [0.3, 0.4) is 0 Å². The van der Waals surface area contributed by atoms with E-state index in [1.54, 1.807) is 25.4 Å². The summed E-state index contributed by atoms with van der Waals surface area (Å²) in [4.78, 5) is 4.04. The van der Waals surface area contributed by atoms with Crippen molar-refractivity contribution in [1.82, 2.24) is 4.98 Å². The summed E-state index contributed by atoms with van der Waals surface area (Å²) in [5.74, 6) is 0.787. The maximum absolute atomic E-state index is 7.11. The average Bonchev–Trinajstić information content (AvgIpc) is 2.05. The number of rotatable bonds is 3. The molecule has 12 heavy (non-hydrogen) atoms. The summed E-state index contributed by atoms with van der Waals surface area (Å²) >= 11 is 0. The first-order valence-electron chi connectivity index (χ1n) is 3.68. The number of nitrogens with zero attached hydrogens (tertiary/aromatic N) is 1. The minimum absolute atomic E-state index is 0.512. The molecular formula is C9H11N3. The van der Waals surface area contributed by atoms with Gasteiger partial charge in [-0.1, -0.05) is 6.07 Å². The fourth-order valence-electron chi connectivity index (χ4n) is 0.700. The SMILES string of the molecule is CC(=N)/C=C\Nc1ccccn1. The normalized spacial score (nSPS) is 10.1. The molecule has 0 saturated carbocycles. The molecule has 1 heterocycles. The van der Waals surface area contributed by atoms with Crippen molar-refractivity contribution in [3.63, 3.8) is 0 Å². The highest BCUT2D eigenvalue weighted by Gasteiger charge is 1.84. The van der Waals surface area contributed by atoms with Crippen LogP contribution in [0.1, 0.15) is 6.92 Å². The molecule has 0 radical (unpaired) electrons. The Morgan fingerprint density at radius 2 is 2.42 bits per heavy atom. The van der Waals surface area contributed by atoms with Gasteiger partial charge in [0.25, 0.3) is 0 Å². The van der Waals surface area contributed by atoms with Gasteiger partial charge in [-0.15, -0.1) is 0 Å². The third-order valence-corrected chi connectivity index (χ3v) is 1.23. The van der Waals surface area contributed by atoms with E-state index in [4.69, 9.17) is 5.41 Å². The van der Waals surface area contributed by atoms with Gasteiger partial charge in [0, 0.05) is 18.1 Å². The van der Waals surface area contributed by atoms with Crippen LogP contribution < -0.4 is 5.32 Å². The van der Waals surface area contributed by atoms with Gasteiger partial charge < -0.3 is 10.7 Å².